The van der Waals surface area contributed by atoms with Gasteiger partial charge in [-0.1, -0.05) is 42.1 Å². The van der Waals surface area contributed by atoms with E-state index in [-0.39, 0.29) is 63.4 Å². The van der Waals surface area contributed by atoms with E-state index in [0.717, 1.165) is 21.8 Å². The van der Waals surface area contributed by atoms with Gasteiger partial charge in [-0.15, -0.1) is 11.8 Å². The molecule has 0 aromatic heterocycles. The van der Waals surface area contributed by atoms with Crippen molar-refractivity contribution in [2.24, 2.45) is 29.6 Å². The van der Waals surface area contributed by atoms with Crippen molar-refractivity contribution in [1.82, 2.24) is 0 Å². The standard InChI is InChI=1S/C26H21NO4S2/c28-14-8-6-12(7-9-14)19-20-15-10-16(23(20)32-17-11-18(29)33-24(17)19)22-21(15)25(30)27(26(22)31)13-4-2-1-3-5-13/h1-9,15-16,19-23,28H,10-11H2/t15-,16-,19-,20-,21+,22-,23-/m1/s1. The molecule has 0 spiro atoms. The lowest BCUT2D eigenvalue weighted by Crippen LogP contribution is -2.42. The first-order chi connectivity index (χ1) is 16.0. The number of allylic oxidation sites excluding steroid dienone is 2. The molecule has 2 aromatic rings. The molecule has 1 saturated heterocycles. The fourth-order valence-corrected chi connectivity index (χ4v) is 10.3. The number of imide groups is 1. The van der Waals surface area contributed by atoms with E-state index in [1.165, 1.54) is 16.7 Å². The number of hydrogen-bond donors (Lipinski definition) is 1. The van der Waals surface area contributed by atoms with Crippen molar-refractivity contribution in [3.63, 3.8) is 0 Å². The molecule has 3 fully saturated rings. The molecule has 3 aliphatic heterocycles. The van der Waals surface area contributed by atoms with Gasteiger partial charge in [-0.25, -0.2) is 0 Å². The number of fused-ring (bicyclic) bond motifs is 8. The Morgan fingerprint density at radius 3 is 2.30 bits per heavy atom. The minimum atomic E-state index is -0.284. The third-order valence-electron chi connectivity index (χ3n) is 8.18. The lowest BCUT2D eigenvalue weighted by molar-refractivity contribution is -0.123. The lowest BCUT2D eigenvalue weighted by Gasteiger charge is -2.44. The third-order valence-corrected chi connectivity index (χ3v) is 11.0. The van der Waals surface area contributed by atoms with Crippen LogP contribution in [0, 0.1) is 29.6 Å². The van der Waals surface area contributed by atoms with E-state index in [1.807, 2.05) is 42.5 Å². The van der Waals surface area contributed by atoms with Crippen molar-refractivity contribution in [2.45, 2.75) is 24.0 Å². The van der Waals surface area contributed by atoms with Gasteiger partial charge in [0.25, 0.3) is 0 Å². The highest BCUT2D eigenvalue weighted by atomic mass is 32.2. The Hall–Kier alpha value is -2.51. The summed E-state index contributed by atoms with van der Waals surface area (Å²) in [4.78, 5) is 43.2. The van der Waals surface area contributed by atoms with E-state index < -0.39 is 0 Å². The first-order valence-electron chi connectivity index (χ1n) is 11.3. The average Bonchev–Trinajstić information content (AvgIpc) is 3.54. The van der Waals surface area contributed by atoms with Crippen LogP contribution in [0.5, 0.6) is 5.75 Å². The van der Waals surface area contributed by atoms with Gasteiger partial charge in [-0.05, 0) is 54.0 Å². The van der Waals surface area contributed by atoms with Gasteiger partial charge in [0, 0.05) is 27.4 Å². The summed E-state index contributed by atoms with van der Waals surface area (Å²) in [5.41, 5.74) is 1.74. The Labute approximate surface area is 199 Å². The highest BCUT2D eigenvalue weighted by molar-refractivity contribution is 8.18. The summed E-state index contributed by atoms with van der Waals surface area (Å²) >= 11 is 3.15. The molecule has 1 N–H and O–H groups in total. The van der Waals surface area contributed by atoms with Crippen LogP contribution in [0.2, 0.25) is 0 Å². The maximum Gasteiger partial charge on any atom is 0.238 e. The van der Waals surface area contributed by atoms with Gasteiger partial charge >= 0.3 is 0 Å². The molecule has 7 atom stereocenters. The molecular weight excluding hydrogens is 454 g/mol. The van der Waals surface area contributed by atoms with Gasteiger partial charge in [0.1, 0.15) is 5.75 Å². The Morgan fingerprint density at radius 1 is 0.879 bits per heavy atom. The fourth-order valence-electron chi connectivity index (χ4n) is 7.08. The van der Waals surface area contributed by atoms with Gasteiger partial charge in [-0.2, -0.15) is 0 Å². The molecule has 33 heavy (non-hydrogen) atoms. The third kappa shape index (κ3) is 2.66. The number of hydrogen-bond acceptors (Lipinski definition) is 6. The van der Waals surface area contributed by atoms with Crippen LogP contribution < -0.4 is 4.90 Å². The van der Waals surface area contributed by atoms with Crippen molar-refractivity contribution in [2.75, 3.05) is 4.90 Å². The number of phenols is 1. The second-order valence-electron chi connectivity index (χ2n) is 9.63. The summed E-state index contributed by atoms with van der Waals surface area (Å²) in [6.07, 6.45) is 1.35. The predicted octanol–water partition coefficient (Wildman–Crippen LogP) is 4.54. The van der Waals surface area contributed by atoms with Gasteiger partial charge in [0.2, 0.25) is 11.8 Å². The fraction of sp³-hybridized carbons (Fsp3) is 0.346. The minimum absolute atomic E-state index is 0.0351. The molecule has 7 rings (SSSR count). The number of amides is 2. The zero-order valence-corrected chi connectivity index (χ0v) is 19.2. The van der Waals surface area contributed by atoms with Crippen LogP contribution in [-0.2, 0) is 14.4 Å². The number of phenolic OH excluding ortho intramolecular Hbond substituents is 1. The van der Waals surface area contributed by atoms with Crippen LogP contribution in [0.3, 0.4) is 0 Å². The monoisotopic (exact) mass is 475 g/mol. The van der Waals surface area contributed by atoms with Crippen LogP contribution >= 0.6 is 23.5 Å². The molecular formula is C26H21NO4S2. The Morgan fingerprint density at radius 2 is 1.58 bits per heavy atom. The number of carbonyl (C=O) groups is 3. The molecule has 2 aliphatic carbocycles. The molecule has 5 aliphatic rings. The van der Waals surface area contributed by atoms with Gasteiger partial charge < -0.3 is 5.11 Å². The van der Waals surface area contributed by atoms with Crippen LogP contribution in [0.4, 0.5) is 5.69 Å². The second kappa shape index (κ2) is 7.00. The minimum Gasteiger partial charge on any atom is -0.508 e. The normalized spacial score (nSPS) is 36.4. The number of aromatic hydroxyl groups is 1. The molecule has 5 nitrogen and oxygen atoms in total. The van der Waals surface area contributed by atoms with Gasteiger partial charge in [-0.3, -0.25) is 19.3 Å². The zero-order chi connectivity index (χ0) is 22.4. The van der Waals surface area contributed by atoms with E-state index in [0.29, 0.717) is 12.1 Å². The second-order valence-corrected chi connectivity index (χ2v) is 12.0. The molecule has 3 heterocycles. The number of thioether (sulfide) groups is 2. The molecule has 166 valence electrons. The summed E-state index contributed by atoms with van der Waals surface area (Å²) in [5, 5.41) is 10.2. The van der Waals surface area contributed by atoms with E-state index in [1.54, 1.807) is 23.9 Å². The van der Waals surface area contributed by atoms with E-state index >= 15 is 0 Å². The molecule has 0 radical (unpaired) electrons. The number of carbonyl (C=O) groups excluding carboxylic acids is 3. The summed E-state index contributed by atoms with van der Waals surface area (Å²) < 4.78 is 0. The number of nitrogens with zero attached hydrogens (tertiary/aromatic N) is 1. The molecule has 2 bridgehead atoms. The number of benzene rings is 2. The largest absolute Gasteiger partial charge is 0.508 e. The van der Waals surface area contributed by atoms with Gasteiger partial charge in [0.05, 0.1) is 17.5 Å². The summed E-state index contributed by atoms with van der Waals surface area (Å²) in [5.74, 6) is 0.0574. The van der Waals surface area contributed by atoms with Crippen molar-refractivity contribution in [1.29, 1.82) is 0 Å². The highest BCUT2D eigenvalue weighted by Gasteiger charge is 2.69. The zero-order valence-electron chi connectivity index (χ0n) is 17.6. The van der Waals surface area contributed by atoms with Crippen molar-refractivity contribution in [3.8, 4) is 5.75 Å². The molecule has 2 aromatic carbocycles. The van der Waals surface area contributed by atoms with Crippen molar-refractivity contribution in [3.05, 3.63) is 70.0 Å². The van der Waals surface area contributed by atoms with E-state index in [2.05, 4.69) is 0 Å². The summed E-state index contributed by atoms with van der Waals surface area (Å²) in [7, 11) is 0. The first-order valence-corrected chi connectivity index (χ1v) is 13.0. The van der Waals surface area contributed by atoms with Crippen LogP contribution in [0.1, 0.15) is 24.3 Å². The highest BCUT2D eigenvalue weighted by Crippen LogP contribution is 2.70. The van der Waals surface area contributed by atoms with Crippen molar-refractivity contribution >= 4 is 46.1 Å². The van der Waals surface area contributed by atoms with Crippen LogP contribution in [-0.4, -0.2) is 27.3 Å². The average molecular weight is 476 g/mol. The Balaban J connectivity index is 1.31. The molecule has 2 saturated carbocycles. The summed E-state index contributed by atoms with van der Waals surface area (Å²) in [6.45, 7) is 0. The number of rotatable bonds is 2. The Kier molecular flexibility index (Phi) is 4.22. The van der Waals surface area contributed by atoms with E-state index in [4.69, 9.17) is 0 Å². The quantitative estimate of drug-likeness (QED) is 0.643. The first kappa shape index (κ1) is 19.9. The van der Waals surface area contributed by atoms with Gasteiger partial charge in [0.15, 0.2) is 5.12 Å². The molecule has 2 amide bonds. The summed E-state index contributed by atoms with van der Waals surface area (Å²) in [6, 6.07) is 16.6. The SMILES string of the molecule is O=C1CC2=C(S1)[C@H](c1ccc(O)cc1)[C@H]1[C@H]3C[C@@H]([C@H]1S2)[C@H]1C(=O)N(c2ccccc2)C(=O)[C@@H]31. The van der Waals surface area contributed by atoms with Crippen LogP contribution in [0.25, 0.3) is 0 Å². The Bertz CT molecular complexity index is 1240. The van der Waals surface area contributed by atoms with E-state index in [9.17, 15) is 19.5 Å². The van der Waals surface area contributed by atoms with Crippen LogP contribution in [0.15, 0.2) is 64.4 Å². The maximum absolute atomic E-state index is 13.6. The number of para-hydroxylation sites is 1. The van der Waals surface area contributed by atoms with Crippen molar-refractivity contribution < 1.29 is 19.5 Å². The predicted molar refractivity (Wildman–Crippen MR) is 127 cm³/mol. The molecule has 0 unspecified atom stereocenters. The maximum atomic E-state index is 13.6. The molecule has 7 heteroatoms. The topological polar surface area (TPSA) is 74.7 Å². The number of anilines is 1. The lowest BCUT2D eigenvalue weighted by atomic mass is 9.68. The smallest absolute Gasteiger partial charge is 0.238 e.